The van der Waals surface area contributed by atoms with Crippen molar-refractivity contribution in [3.8, 4) is 5.75 Å². The first-order valence-corrected chi connectivity index (χ1v) is 5.34. The quantitative estimate of drug-likeness (QED) is 0.633. The number of phenols is 1. The Morgan fingerprint density at radius 3 is 2.94 bits per heavy atom. The summed E-state index contributed by atoms with van der Waals surface area (Å²) in [5.74, 6) is -0.183. The molecule has 1 unspecified atom stereocenters. The van der Waals surface area contributed by atoms with Gasteiger partial charge in [0.1, 0.15) is 5.75 Å². The molecule has 1 aromatic heterocycles. The van der Waals surface area contributed by atoms with E-state index < -0.39 is 5.91 Å². The van der Waals surface area contributed by atoms with E-state index in [1.54, 1.807) is 31.2 Å². The minimum absolute atomic E-state index is 0.0187. The van der Waals surface area contributed by atoms with Crippen LogP contribution in [0.3, 0.4) is 0 Å². The third-order valence-corrected chi connectivity index (χ3v) is 2.44. The van der Waals surface area contributed by atoms with Gasteiger partial charge < -0.3 is 16.2 Å². The number of nitrogens with two attached hydrogens (primary N) is 1. The Balaban J connectivity index is 2.07. The highest BCUT2D eigenvalue weighted by Crippen LogP contribution is 2.17. The van der Waals surface area contributed by atoms with Crippen LogP contribution in [0.1, 0.15) is 29.1 Å². The van der Waals surface area contributed by atoms with Crippen LogP contribution in [0.25, 0.3) is 0 Å². The highest BCUT2D eigenvalue weighted by atomic mass is 16.3. The number of carbonyl (C=O) groups excluding carboxylic acids is 1. The topological polar surface area (TPSA) is 117 Å². The molecule has 0 fully saturated rings. The van der Waals surface area contributed by atoms with Gasteiger partial charge in [0, 0.05) is 0 Å². The van der Waals surface area contributed by atoms with E-state index in [0.717, 1.165) is 5.56 Å². The number of carbonyl (C=O) groups is 1. The summed E-state index contributed by atoms with van der Waals surface area (Å²) in [5, 5.41) is 18.1. The summed E-state index contributed by atoms with van der Waals surface area (Å²) in [5.41, 5.74) is 6.10. The molecule has 0 bridgehead atoms. The van der Waals surface area contributed by atoms with Gasteiger partial charge in [-0.1, -0.05) is 12.1 Å². The smallest absolute Gasteiger partial charge is 0.289 e. The zero-order valence-electron chi connectivity index (χ0n) is 9.71. The van der Waals surface area contributed by atoms with Crippen molar-refractivity contribution in [2.45, 2.75) is 13.0 Å². The molecular weight excluding hydrogens is 234 g/mol. The number of aromatic amines is 1. The third-order valence-electron chi connectivity index (χ3n) is 2.44. The number of amides is 1. The SMILES string of the molecule is CC(NC(=O)c1nc(N)n[nH]1)c1cccc(O)c1. The number of nitrogen functional groups attached to an aromatic ring is 1. The summed E-state index contributed by atoms with van der Waals surface area (Å²) in [7, 11) is 0. The highest BCUT2D eigenvalue weighted by molar-refractivity contribution is 5.90. The lowest BCUT2D eigenvalue weighted by atomic mass is 10.1. The largest absolute Gasteiger partial charge is 0.508 e. The molecule has 0 saturated heterocycles. The second-order valence-electron chi connectivity index (χ2n) is 3.83. The molecule has 1 atom stereocenters. The van der Waals surface area contributed by atoms with Crippen molar-refractivity contribution in [3.63, 3.8) is 0 Å². The minimum Gasteiger partial charge on any atom is -0.508 e. The molecule has 0 aliphatic heterocycles. The maximum Gasteiger partial charge on any atom is 0.289 e. The fraction of sp³-hybridized carbons (Fsp3) is 0.182. The number of aromatic hydroxyl groups is 1. The van der Waals surface area contributed by atoms with Crippen molar-refractivity contribution in [2.24, 2.45) is 0 Å². The van der Waals surface area contributed by atoms with Gasteiger partial charge in [-0.3, -0.25) is 9.89 Å². The number of phenolic OH excluding ortho intramolecular Hbond substituents is 1. The second kappa shape index (κ2) is 4.74. The van der Waals surface area contributed by atoms with Crippen molar-refractivity contribution in [1.29, 1.82) is 0 Å². The zero-order valence-corrected chi connectivity index (χ0v) is 9.71. The number of nitrogens with zero attached hydrogens (tertiary/aromatic N) is 2. The van der Waals surface area contributed by atoms with Crippen LogP contribution < -0.4 is 11.1 Å². The lowest BCUT2D eigenvalue weighted by molar-refractivity contribution is 0.0929. The van der Waals surface area contributed by atoms with E-state index in [1.807, 2.05) is 0 Å². The molecule has 18 heavy (non-hydrogen) atoms. The van der Waals surface area contributed by atoms with Gasteiger partial charge in [0.15, 0.2) is 0 Å². The van der Waals surface area contributed by atoms with Gasteiger partial charge in [-0.05, 0) is 24.6 Å². The van der Waals surface area contributed by atoms with Crippen LogP contribution in [0.5, 0.6) is 5.75 Å². The lowest BCUT2D eigenvalue weighted by Crippen LogP contribution is -2.27. The Bertz CT molecular complexity index is 566. The first-order valence-electron chi connectivity index (χ1n) is 5.34. The van der Waals surface area contributed by atoms with Crippen molar-refractivity contribution >= 4 is 11.9 Å². The fourth-order valence-electron chi connectivity index (χ4n) is 1.52. The number of nitrogens with one attached hydrogen (secondary N) is 2. The van der Waals surface area contributed by atoms with Crippen LogP contribution in [-0.2, 0) is 0 Å². The molecule has 5 N–H and O–H groups in total. The van der Waals surface area contributed by atoms with Crippen LogP contribution in [0, 0.1) is 0 Å². The van der Waals surface area contributed by atoms with E-state index in [0.29, 0.717) is 0 Å². The molecule has 1 amide bonds. The van der Waals surface area contributed by atoms with E-state index in [1.165, 1.54) is 0 Å². The molecule has 0 radical (unpaired) electrons. The number of hydrogen-bond donors (Lipinski definition) is 4. The number of H-pyrrole nitrogens is 1. The molecule has 0 spiro atoms. The molecule has 7 heteroatoms. The van der Waals surface area contributed by atoms with Gasteiger partial charge in [0.05, 0.1) is 6.04 Å². The van der Waals surface area contributed by atoms with E-state index in [-0.39, 0.29) is 23.6 Å². The standard InChI is InChI=1S/C11H13N5O2/c1-6(7-3-2-4-8(17)5-7)13-10(18)9-14-11(12)16-15-9/h2-6,17H,1H3,(H,13,18)(H3,12,14,15,16). The number of rotatable bonds is 3. The Kier molecular flexibility index (Phi) is 3.13. The third kappa shape index (κ3) is 2.57. The normalized spacial score (nSPS) is 12.1. The van der Waals surface area contributed by atoms with Gasteiger partial charge >= 0.3 is 0 Å². The lowest BCUT2D eigenvalue weighted by Gasteiger charge is -2.13. The Morgan fingerprint density at radius 1 is 1.56 bits per heavy atom. The number of aromatic nitrogens is 3. The second-order valence-corrected chi connectivity index (χ2v) is 3.83. The van der Waals surface area contributed by atoms with Crippen molar-refractivity contribution in [3.05, 3.63) is 35.7 Å². The number of anilines is 1. The van der Waals surface area contributed by atoms with Crippen LogP contribution >= 0.6 is 0 Å². The van der Waals surface area contributed by atoms with Gasteiger partial charge in [-0.2, -0.15) is 4.98 Å². The van der Waals surface area contributed by atoms with Crippen molar-refractivity contribution in [1.82, 2.24) is 20.5 Å². The average Bonchev–Trinajstić information content (AvgIpc) is 2.76. The van der Waals surface area contributed by atoms with E-state index >= 15 is 0 Å². The predicted octanol–water partition coefficient (Wildman–Crippen LogP) is 0.583. The molecule has 0 aliphatic carbocycles. The molecule has 0 aliphatic rings. The summed E-state index contributed by atoms with van der Waals surface area (Å²) in [4.78, 5) is 15.5. The van der Waals surface area contributed by atoms with Crippen LogP contribution in [0.4, 0.5) is 5.95 Å². The molecule has 94 valence electrons. The highest BCUT2D eigenvalue weighted by Gasteiger charge is 2.14. The van der Waals surface area contributed by atoms with Crippen molar-refractivity contribution in [2.75, 3.05) is 5.73 Å². The molecule has 7 nitrogen and oxygen atoms in total. The molecule has 1 aromatic carbocycles. The number of hydrogen-bond acceptors (Lipinski definition) is 5. The summed E-state index contributed by atoms with van der Waals surface area (Å²) in [6.07, 6.45) is 0. The maximum atomic E-state index is 11.8. The first kappa shape index (κ1) is 11.9. The van der Waals surface area contributed by atoms with E-state index in [4.69, 9.17) is 5.73 Å². The Morgan fingerprint density at radius 2 is 2.33 bits per heavy atom. The van der Waals surface area contributed by atoms with Crippen LogP contribution in [0.15, 0.2) is 24.3 Å². The Hall–Kier alpha value is -2.57. The van der Waals surface area contributed by atoms with Gasteiger partial charge in [-0.15, -0.1) is 5.10 Å². The molecule has 2 rings (SSSR count). The van der Waals surface area contributed by atoms with E-state index in [9.17, 15) is 9.90 Å². The van der Waals surface area contributed by atoms with Crippen molar-refractivity contribution < 1.29 is 9.90 Å². The molecular formula is C11H13N5O2. The summed E-state index contributed by atoms with van der Waals surface area (Å²) >= 11 is 0. The van der Waals surface area contributed by atoms with Gasteiger partial charge in [0.2, 0.25) is 11.8 Å². The first-order chi connectivity index (χ1) is 8.56. The fourth-order valence-corrected chi connectivity index (χ4v) is 1.52. The van der Waals surface area contributed by atoms with Gasteiger partial charge in [0.25, 0.3) is 5.91 Å². The summed E-state index contributed by atoms with van der Waals surface area (Å²) < 4.78 is 0. The Labute approximate surface area is 103 Å². The minimum atomic E-state index is -0.407. The zero-order chi connectivity index (χ0) is 13.1. The monoisotopic (exact) mass is 247 g/mol. The number of benzene rings is 1. The summed E-state index contributed by atoms with van der Waals surface area (Å²) in [6.45, 7) is 1.80. The molecule has 2 aromatic rings. The van der Waals surface area contributed by atoms with Crippen LogP contribution in [-0.4, -0.2) is 26.2 Å². The molecule has 0 saturated carbocycles. The average molecular weight is 247 g/mol. The molecule has 1 heterocycles. The summed E-state index contributed by atoms with van der Waals surface area (Å²) in [6, 6.07) is 6.39. The van der Waals surface area contributed by atoms with E-state index in [2.05, 4.69) is 20.5 Å². The maximum absolute atomic E-state index is 11.8. The predicted molar refractivity (Wildman–Crippen MR) is 64.8 cm³/mol. The van der Waals surface area contributed by atoms with Gasteiger partial charge in [-0.25, -0.2) is 0 Å². The van der Waals surface area contributed by atoms with Crippen LogP contribution in [0.2, 0.25) is 0 Å².